The topological polar surface area (TPSA) is 107 Å². The summed E-state index contributed by atoms with van der Waals surface area (Å²) in [5.74, 6) is -0.164. The summed E-state index contributed by atoms with van der Waals surface area (Å²) in [4.78, 5) is 24.8. The van der Waals surface area contributed by atoms with Crippen molar-refractivity contribution < 1.29 is 9.72 Å². The van der Waals surface area contributed by atoms with Crippen LogP contribution in [0, 0.1) is 15.5 Å². The van der Waals surface area contributed by atoms with Gasteiger partial charge >= 0.3 is 0 Å². The molecule has 0 aliphatic carbocycles. The van der Waals surface area contributed by atoms with Crippen LogP contribution in [-0.2, 0) is 7.05 Å². The summed E-state index contributed by atoms with van der Waals surface area (Å²) < 4.78 is 1.56. The third-order valence-electron chi connectivity index (χ3n) is 3.98. The van der Waals surface area contributed by atoms with E-state index in [0.717, 1.165) is 0 Å². The number of carbonyl (C=O) groups excluding carboxylic acids is 1. The lowest BCUT2D eigenvalue weighted by Crippen LogP contribution is -2.39. The molecule has 1 amide bonds. The molecule has 0 saturated carbocycles. The third kappa shape index (κ3) is 4.80. The van der Waals surface area contributed by atoms with Gasteiger partial charge in [0.15, 0.2) is 0 Å². The van der Waals surface area contributed by atoms with Gasteiger partial charge in [0.1, 0.15) is 5.69 Å². The van der Waals surface area contributed by atoms with Crippen molar-refractivity contribution in [2.24, 2.45) is 18.2 Å². The molecule has 0 aliphatic heterocycles. The predicted octanol–water partition coefficient (Wildman–Crippen LogP) is 2.47. The second-order valence-electron chi connectivity index (χ2n) is 6.90. The van der Waals surface area contributed by atoms with Gasteiger partial charge in [0.25, 0.3) is 11.6 Å². The van der Waals surface area contributed by atoms with Gasteiger partial charge in [-0.05, 0) is 24.1 Å². The largest absolute Gasteiger partial charge is 0.341 e. The number of nitrogens with zero attached hydrogens (tertiary/aromatic N) is 4. The number of aryl methyl sites for hydroxylation is 1. The van der Waals surface area contributed by atoms with Crippen LogP contribution in [0.3, 0.4) is 0 Å². The Balaban J connectivity index is 0.00000338. The second kappa shape index (κ2) is 8.29. The van der Waals surface area contributed by atoms with Crippen molar-refractivity contribution in [1.29, 1.82) is 0 Å². The highest BCUT2D eigenvalue weighted by Gasteiger charge is 2.25. The zero-order chi connectivity index (χ0) is 18.8. The summed E-state index contributed by atoms with van der Waals surface area (Å²) in [6, 6.07) is 6.00. The lowest BCUT2D eigenvalue weighted by molar-refractivity contribution is -0.384. The van der Waals surface area contributed by atoms with Crippen LogP contribution in [0.1, 0.15) is 24.2 Å². The SMILES string of the molecule is CN(CC(C)(C)CN)C(=O)c1cn(C)nc1-c1ccc([N+](=O)[O-])cc1.Cl. The van der Waals surface area contributed by atoms with Crippen LogP contribution in [0.2, 0.25) is 0 Å². The van der Waals surface area contributed by atoms with Gasteiger partial charge in [-0.3, -0.25) is 19.6 Å². The average Bonchev–Trinajstić information content (AvgIpc) is 2.95. The first-order valence-electron chi connectivity index (χ1n) is 7.88. The molecule has 0 aliphatic rings. The van der Waals surface area contributed by atoms with Crippen LogP contribution in [0.5, 0.6) is 0 Å². The molecular formula is C17H24ClN5O3. The number of nitro groups is 1. The minimum absolute atomic E-state index is 0. The van der Waals surface area contributed by atoms with E-state index in [-0.39, 0.29) is 29.4 Å². The zero-order valence-electron chi connectivity index (χ0n) is 15.3. The Kier molecular flexibility index (Phi) is 6.88. The van der Waals surface area contributed by atoms with Crippen LogP contribution in [0.4, 0.5) is 5.69 Å². The third-order valence-corrected chi connectivity index (χ3v) is 3.98. The van der Waals surface area contributed by atoms with E-state index in [1.807, 2.05) is 13.8 Å². The summed E-state index contributed by atoms with van der Waals surface area (Å²) in [5, 5.41) is 15.1. The first-order valence-corrected chi connectivity index (χ1v) is 7.88. The average molecular weight is 382 g/mol. The fourth-order valence-corrected chi connectivity index (χ4v) is 2.58. The summed E-state index contributed by atoms with van der Waals surface area (Å²) in [5.41, 5.74) is 7.15. The van der Waals surface area contributed by atoms with Crippen molar-refractivity contribution in [1.82, 2.24) is 14.7 Å². The number of carbonyl (C=O) groups is 1. The summed E-state index contributed by atoms with van der Waals surface area (Å²) in [7, 11) is 3.46. The van der Waals surface area contributed by atoms with Crippen LogP contribution in [0.25, 0.3) is 11.3 Å². The lowest BCUT2D eigenvalue weighted by atomic mass is 9.93. The number of nitrogens with two attached hydrogens (primary N) is 1. The molecule has 142 valence electrons. The van der Waals surface area contributed by atoms with E-state index >= 15 is 0 Å². The first kappa shape index (κ1) is 21.6. The molecule has 1 heterocycles. The lowest BCUT2D eigenvalue weighted by Gasteiger charge is -2.29. The summed E-state index contributed by atoms with van der Waals surface area (Å²) in [6.07, 6.45) is 1.66. The predicted molar refractivity (Wildman–Crippen MR) is 102 cm³/mol. The van der Waals surface area contributed by atoms with Gasteiger partial charge in [0.2, 0.25) is 0 Å². The monoisotopic (exact) mass is 381 g/mol. The van der Waals surface area contributed by atoms with E-state index < -0.39 is 4.92 Å². The van der Waals surface area contributed by atoms with Crippen molar-refractivity contribution in [3.63, 3.8) is 0 Å². The smallest absolute Gasteiger partial charge is 0.269 e. The van der Waals surface area contributed by atoms with Gasteiger partial charge in [-0.25, -0.2) is 0 Å². The number of amides is 1. The molecule has 0 atom stereocenters. The van der Waals surface area contributed by atoms with E-state index in [0.29, 0.717) is 29.9 Å². The molecule has 0 unspecified atom stereocenters. The number of halogens is 1. The molecule has 2 rings (SSSR count). The van der Waals surface area contributed by atoms with Crippen LogP contribution >= 0.6 is 12.4 Å². The van der Waals surface area contributed by atoms with Gasteiger partial charge in [-0.1, -0.05) is 13.8 Å². The number of hydrogen-bond donors (Lipinski definition) is 1. The normalized spacial score (nSPS) is 11.0. The standard InChI is InChI=1S/C17H23N5O3.ClH/c1-17(2,10-18)11-20(3)16(23)14-9-21(4)19-15(14)12-5-7-13(8-6-12)22(24)25;/h5-9H,10-11,18H2,1-4H3;1H. The van der Waals surface area contributed by atoms with E-state index in [4.69, 9.17) is 5.73 Å². The molecule has 1 aromatic carbocycles. The van der Waals surface area contributed by atoms with E-state index in [9.17, 15) is 14.9 Å². The van der Waals surface area contributed by atoms with Gasteiger partial charge in [0, 0.05) is 44.5 Å². The Morgan fingerprint density at radius 2 is 1.92 bits per heavy atom. The van der Waals surface area contributed by atoms with E-state index in [1.54, 1.807) is 42.0 Å². The van der Waals surface area contributed by atoms with Crippen molar-refractivity contribution in [2.75, 3.05) is 20.1 Å². The Morgan fingerprint density at radius 3 is 2.42 bits per heavy atom. The van der Waals surface area contributed by atoms with Crippen LogP contribution in [0.15, 0.2) is 30.5 Å². The van der Waals surface area contributed by atoms with Gasteiger partial charge in [0.05, 0.1) is 10.5 Å². The zero-order valence-corrected chi connectivity index (χ0v) is 16.1. The van der Waals surface area contributed by atoms with Gasteiger partial charge in [-0.15, -0.1) is 12.4 Å². The summed E-state index contributed by atoms with van der Waals surface area (Å²) >= 11 is 0. The molecule has 0 spiro atoms. The molecule has 8 nitrogen and oxygen atoms in total. The van der Waals surface area contributed by atoms with Gasteiger partial charge < -0.3 is 10.6 Å². The number of rotatable bonds is 6. The summed E-state index contributed by atoms with van der Waals surface area (Å²) in [6.45, 7) is 4.97. The molecule has 0 radical (unpaired) electrons. The van der Waals surface area contributed by atoms with Crippen molar-refractivity contribution in [3.05, 3.63) is 46.1 Å². The molecule has 0 bridgehead atoms. The molecule has 26 heavy (non-hydrogen) atoms. The Morgan fingerprint density at radius 1 is 1.35 bits per heavy atom. The van der Waals surface area contributed by atoms with Crippen molar-refractivity contribution >= 4 is 24.0 Å². The van der Waals surface area contributed by atoms with Crippen molar-refractivity contribution in [2.45, 2.75) is 13.8 Å². The maximum Gasteiger partial charge on any atom is 0.269 e. The molecule has 1 aromatic heterocycles. The number of benzene rings is 1. The number of hydrogen-bond acceptors (Lipinski definition) is 5. The Labute approximate surface area is 158 Å². The fourth-order valence-electron chi connectivity index (χ4n) is 2.58. The number of nitro benzene ring substituents is 1. The Bertz CT molecular complexity index is 786. The van der Waals surface area contributed by atoms with Gasteiger partial charge in [-0.2, -0.15) is 5.10 Å². The highest BCUT2D eigenvalue weighted by Crippen LogP contribution is 2.26. The van der Waals surface area contributed by atoms with Crippen LogP contribution in [-0.4, -0.2) is 45.6 Å². The maximum atomic E-state index is 12.8. The van der Waals surface area contributed by atoms with Crippen LogP contribution < -0.4 is 5.73 Å². The molecule has 2 aromatic rings. The van der Waals surface area contributed by atoms with E-state index in [1.165, 1.54) is 12.1 Å². The molecule has 0 fully saturated rings. The highest BCUT2D eigenvalue weighted by atomic mass is 35.5. The quantitative estimate of drug-likeness (QED) is 0.610. The van der Waals surface area contributed by atoms with E-state index in [2.05, 4.69) is 5.10 Å². The molecule has 9 heteroatoms. The first-order chi connectivity index (χ1) is 11.6. The highest BCUT2D eigenvalue weighted by molar-refractivity contribution is 5.99. The minimum Gasteiger partial charge on any atom is -0.341 e. The fraction of sp³-hybridized carbons (Fsp3) is 0.412. The maximum absolute atomic E-state index is 12.8. The number of non-ortho nitro benzene ring substituents is 1. The molecule has 2 N–H and O–H groups in total. The Hall–Kier alpha value is -2.45. The minimum atomic E-state index is -0.461. The molecule has 0 saturated heterocycles. The second-order valence-corrected chi connectivity index (χ2v) is 6.90. The number of aromatic nitrogens is 2. The molecular weight excluding hydrogens is 358 g/mol. The van der Waals surface area contributed by atoms with Crippen molar-refractivity contribution in [3.8, 4) is 11.3 Å².